The Labute approximate surface area is 103 Å². The summed E-state index contributed by atoms with van der Waals surface area (Å²) in [5.74, 6) is -0.666. The first-order valence-electron chi connectivity index (χ1n) is 5.23. The van der Waals surface area contributed by atoms with E-state index in [1.807, 2.05) is 6.92 Å². The van der Waals surface area contributed by atoms with Crippen LogP contribution in [-0.2, 0) is 7.05 Å². The quantitative estimate of drug-likeness (QED) is 0.880. The largest absolute Gasteiger partial charge is 0.477 e. The minimum absolute atomic E-state index is 0.00426. The Kier molecular flexibility index (Phi) is 2.97. The van der Waals surface area contributed by atoms with E-state index < -0.39 is 5.97 Å². The van der Waals surface area contributed by atoms with Gasteiger partial charge in [0.1, 0.15) is 0 Å². The molecule has 7 nitrogen and oxygen atoms in total. The van der Waals surface area contributed by atoms with Crippen LogP contribution in [0, 0.1) is 13.8 Å². The summed E-state index contributed by atoms with van der Waals surface area (Å²) >= 11 is 0. The maximum atomic E-state index is 10.9. The van der Waals surface area contributed by atoms with Crippen LogP contribution in [0.5, 0.6) is 11.9 Å². The highest BCUT2D eigenvalue weighted by molar-refractivity contribution is 5.85. The van der Waals surface area contributed by atoms with E-state index >= 15 is 0 Å². The first-order chi connectivity index (χ1) is 8.45. The normalized spacial score (nSPS) is 10.4. The van der Waals surface area contributed by atoms with E-state index in [1.54, 1.807) is 20.0 Å². The number of hydrogen-bond donors (Lipinski definition) is 1. The van der Waals surface area contributed by atoms with Gasteiger partial charge in [-0.2, -0.15) is 10.1 Å². The topological polar surface area (TPSA) is 90.1 Å². The third kappa shape index (κ3) is 2.45. The van der Waals surface area contributed by atoms with Crippen molar-refractivity contribution >= 4 is 5.97 Å². The highest BCUT2D eigenvalue weighted by Gasteiger charge is 2.12. The minimum atomic E-state index is -1.12. The number of aryl methyl sites for hydroxylation is 3. The molecule has 2 aromatic rings. The maximum Gasteiger partial charge on any atom is 0.354 e. The summed E-state index contributed by atoms with van der Waals surface area (Å²) in [6.45, 7) is 3.50. The summed E-state index contributed by atoms with van der Waals surface area (Å²) in [5.41, 5.74) is 1.21. The molecule has 0 aromatic carbocycles. The van der Waals surface area contributed by atoms with Crippen LogP contribution >= 0.6 is 0 Å². The van der Waals surface area contributed by atoms with Gasteiger partial charge in [-0.1, -0.05) is 0 Å². The molecule has 2 heterocycles. The van der Waals surface area contributed by atoms with Gasteiger partial charge in [-0.05, 0) is 19.9 Å². The highest BCUT2D eigenvalue weighted by Crippen LogP contribution is 2.18. The first-order valence-corrected chi connectivity index (χ1v) is 5.23. The predicted octanol–water partition coefficient (Wildman–Crippen LogP) is 1.32. The molecule has 18 heavy (non-hydrogen) atoms. The Morgan fingerprint density at radius 1 is 1.28 bits per heavy atom. The van der Waals surface area contributed by atoms with Crippen LogP contribution in [0.1, 0.15) is 21.9 Å². The smallest absolute Gasteiger partial charge is 0.354 e. The van der Waals surface area contributed by atoms with Gasteiger partial charge in [-0.15, -0.1) is 0 Å². The van der Waals surface area contributed by atoms with Crippen molar-refractivity contribution in [2.45, 2.75) is 13.8 Å². The van der Waals surface area contributed by atoms with Crippen molar-refractivity contribution in [3.8, 4) is 11.9 Å². The molecule has 0 saturated carbocycles. The molecule has 0 aliphatic carbocycles. The van der Waals surface area contributed by atoms with E-state index in [0.29, 0.717) is 11.6 Å². The van der Waals surface area contributed by atoms with Gasteiger partial charge in [0.05, 0.1) is 5.69 Å². The zero-order chi connectivity index (χ0) is 13.3. The van der Waals surface area contributed by atoms with Crippen molar-refractivity contribution in [1.29, 1.82) is 0 Å². The number of nitrogens with zero attached hydrogens (tertiary/aromatic N) is 4. The molecule has 0 bridgehead atoms. The summed E-state index contributed by atoms with van der Waals surface area (Å²) in [4.78, 5) is 18.7. The second-order valence-corrected chi connectivity index (χ2v) is 3.83. The van der Waals surface area contributed by atoms with Gasteiger partial charge in [0.15, 0.2) is 5.69 Å². The molecule has 0 amide bonds. The number of ether oxygens (including phenoxy) is 1. The molecular weight excluding hydrogens is 236 g/mol. The molecule has 0 aliphatic heterocycles. The lowest BCUT2D eigenvalue weighted by molar-refractivity contribution is 0.0689. The number of rotatable bonds is 3. The summed E-state index contributed by atoms with van der Waals surface area (Å²) in [5, 5.41) is 13.0. The molecule has 7 heteroatoms. The molecule has 2 aromatic heterocycles. The summed E-state index contributed by atoms with van der Waals surface area (Å²) in [7, 11) is 1.72. The van der Waals surface area contributed by atoms with E-state index in [0.717, 1.165) is 5.69 Å². The molecule has 0 spiro atoms. The molecule has 0 fully saturated rings. The molecule has 1 N–H and O–H groups in total. The second-order valence-electron chi connectivity index (χ2n) is 3.83. The van der Waals surface area contributed by atoms with Crippen LogP contribution in [-0.4, -0.2) is 30.8 Å². The van der Waals surface area contributed by atoms with Crippen LogP contribution in [0.4, 0.5) is 0 Å². The zero-order valence-corrected chi connectivity index (χ0v) is 10.2. The Bertz CT molecular complexity index is 606. The Morgan fingerprint density at radius 2 is 2.00 bits per heavy atom. The number of carboxylic acid groups (broad SMARTS) is 1. The monoisotopic (exact) mass is 248 g/mol. The van der Waals surface area contributed by atoms with Crippen LogP contribution in [0.25, 0.3) is 0 Å². The average molecular weight is 248 g/mol. The Hall–Kier alpha value is -2.44. The Morgan fingerprint density at radius 3 is 2.56 bits per heavy atom. The van der Waals surface area contributed by atoms with E-state index in [9.17, 15) is 4.79 Å². The molecule has 0 aliphatic rings. The van der Waals surface area contributed by atoms with Crippen molar-refractivity contribution in [2.75, 3.05) is 0 Å². The number of carbonyl (C=O) groups is 1. The van der Waals surface area contributed by atoms with Crippen LogP contribution in [0.3, 0.4) is 0 Å². The van der Waals surface area contributed by atoms with Gasteiger partial charge < -0.3 is 9.84 Å². The lowest BCUT2D eigenvalue weighted by atomic mass is 10.3. The van der Waals surface area contributed by atoms with Crippen molar-refractivity contribution in [2.24, 2.45) is 7.05 Å². The first kappa shape index (κ1) is 12.0. The molecular formula is C11H12N4O3. The van der Waals surface area contributed by atoms with Crippen LogP contribution < -0.4 is 4.74 Å². The molecule has 94 valence electrons. The van der Waals surface area contributed by atoms with Crippen molar-refractivity contribution in [3.05, 3.63) is 29.2 Å². The second kappa shape index (κ2) is 4.44. The van der Waals surface area contributed by atoms with Gasteiger partial charge in [-0.3, -0.25) is 0 Å². The van der Waals surface area contributed by atoms with E-state index in [4.69, 9.17) is 9.84 Å². The summed E-state index contributed by atoms with van der Waals surface area (Å²) in [6, 6.07) is 3.09. The van der Waals surface area contributed by atoms with Gasteiger partial charge in [0, 0.05) is 18.8 Å². The fraction of sp³-hybridized carbons (Fsp3) is 0.273. The molecule has 0 radical (unpaired) electrons. The molecule has 2 rings (SSSR count). The fourth-order valence-corrected chi connectivity index (χ4v) is 1.47. The summed E-state index contributed by atoms with van der Waals surface area (Å²) < 4.78 is 6.95. The molecule has 0 atom stereocenters. The van der Waals surface area contributed by atoms with Crippen LogP contribution in [0.15, 0.2) is 12.1 Å². The average Bonchev–Trinajstić information content (AvgIpc) is 2.56. The lowest BCUT2D eigenvalue weighted by Crippen LogP contribution is -2.05. The van der Waals surface area contributed by atoms with Gasteiger partial charge in [0.2, 0.25) is 5.88 Å². The van der Waals surface area contributed by atoms with Gasteiger partial charge in [-0.25, -0.2) is 14.5 Å². The lowest BCUT2D eigenvalue weighted by Gasteiger charge is -2.05. The van der Waals surface area contributed by atoms with E-state index in [1.165, 1.54) is 10.7 Å². The van der Waals surface area contributed by atoms with E-state index in [-0.39, 0.29) is 11.7 Å². The van der Waals surface area contributed by atoms with Gasteiger partial charge >= 0.3 is 12.0 Å². The standard InChI is InChI=1S/C11H12N4O3/c1-6-4-8(10(16)17)13-11(12-6)18-9-5-7(2)14-15(9)3/h4-5H,1-3H3,(H,16,17). The third-order valence-corrected chi connectivity index (χ3v) is 2.21. The van der Waals surface area contributed by atoms with Crippen molar-refractivity contribution in [1.82, 2.24) is 19.7 Å². The van der Waals surface area contributed by atoms with E-state index in [2.05, 4.69) is 15.1 Å². The third-order valence-electron chi connectivity index (χ3n) is 2.21. The highest BCUT2D eigenvalue weighted by atomic mass is 16.5. The summed E-state index contributed by atoms with van der Waals surface area (Å²) in [6.07, 6.45) is 0. The molecule has 0 saturated heterocycles. The van der Waals surface area contributed by atoms with Crippen LogP contribution in [0.2, 0.25) is 0 Å². The Balaban J connectivity index is 2.34. The number of carboxylic acids is 1. The minimum Gasteiger partial charge on any atom is -0.477 e. The van der Waals surface area contributed by atoms with Gasteiger partial charge in [0.25, 0.3) is 0 Å². The maximum absolute atomic E-state index is 10.9. The number of hydrogen-bond acceptors (Lipinski definition) is 5. The zero-order valence-electron chi connectivity index (χ0n) is 10.2. The van der Waals surface area contributed by atoms with Crippen molar-refractivity contribution < 1.29 is 14.6 Å². The molecule has 0 unspecified atom stereocenters. The fourth-order valence-electron chi connectivity index (χ4n) is 1.47. The van der Waals surface area contributed by atoms with Crippen molar-refractivity contribution in [3.63, 3.8) is 0 Å². The predicted molar refractivity (Wildman–Crippen MR) is 61.7 cm³/mol. The SMILES string of the molecule is Cc1cc(C(=O)O)nc(Oc2cc(C)nn2C)n1. The number of aromatic carboxylic acids is 1. The number of aromatic nitrogens is 4.